The lowest BCUT2D eigenvalue weighted by Crippen LogP contribution is -1.95. The number of aromatic amines is 1. The van der Waals surface area contributed by atoms with E-state index in [4.69, 9.17) is 17.3 Å². The van der Waals surface area contributed by atoms with Crippen LogP contribution in [0.1, 0.15) is 5.56 Å². The maximum absolute atomic E-state index is 6.03. The molecule has 0 saturated carbocycles. The van der Waals surface area contributed by atoms with E-state index >= 15 is 0 Å². The molecule has 0 unspecified atom stereocenters. The van der Waals surface area contributed by atoms with E-state index < -0.39 is 0 Å². The molecule has 0 aliphatic heterocycles. The van der Waals surface area contributed by atoms with E-state index in [1.54, 1.807) is 0 Å². The summed E-state index contributed by atoms with van der Waals surface area (Å²) in [6, 6.07) is 6.04. The van der Waals surface area contributed by atoms with Gasteiger partial charge in [-0.05, 0) is 36.4 Å². The van der Waals surface area contributed by atoms with Gasteiger partial charge in [-0.15, -0.1) is 0 Å². The maximum Gasteiger partial charge on any atom is 0.221 e. The third-order valence-electron chi connectivity index (χ3n) is 2.54. The number of aromatic nitrogens is 4. The van der Waals surface area contributed by atoms with E-state index in [0.717, 1.165) is 16.2 Å². The van der Waals surface area contributed by atoms with Crippen molar-refractivity contribution in [3.63, 3.8) is 0 Å². The Kier molecular flexibility index (Phi) is 3.04. The van der Waals surface area contributed by atoms with Gasteiger partial charge in [0.2, 0.25) is 5.95 Å². The van der Waals surface area contributed by atoms with E-state index in [1.807, 2.05) is 25.1 Å². The smallest absolute Gasteiger partial charge is 0.221 e. The molecule has 3 rings (SSSR count). The third-order valence-corrected chi connectivity index (χ3v) is 3.82. The zero-order valence-corrected chi connectivity index (χ0v) is 11.6. The van der Waals surface area contributed by atoms with Crippen molar-refractivity contribution in [1.29, 1.82) is 0 Å². The molecule has 0 amide bonds. The molecule has 0 spiro atoms. The fourth-order valence-corrected chi connectivity index (χ4v) is 2.66. The van der Waals surface area contributed by atoms with Gasteiger partial charge in [0.05, 0.1) is 22.3 Å². The molecule has 0 aliphatic rings. The Morgan fingerprint density at radius 1 is 1.32 bits per heavy atom. The van der Waals surface area contributed by atoms with Crippen molar-refractivity contribution in [3.8, 4) is 0 Å². The molecule has 7 heteroatoms. The highest BCUT2D eigenvalue weighted by atomic mass is 35.5. The first kappa shape index (κ1) is 12.3. The minimum absolute atomic E-state index is 0.193. The highest BCUT2D eigenvalue weighted by molar-refractivity contribution is 7.99. The van der Waals surface area contributed by atoms with Crippen molar-refractivity contribution < 1.29 is 0 Å². The molecule has 0 aliphatic carbocycles. The van der Waals surface area contributed by atoms with E-state index in [1.165, 1.54) is 23.5 Å². The van der Waals surface area contributed by atoms with Gasteiger partial charge in [0.25, 0.3) is 0 Å². The number of imidazole rings is 1. The lowest BCUT2D eigenvalue weighted by atomic mass is 10.2. The van der Waals surface area contributed by atoms with Gasteiger partial charge in [-0.25, -0.2) is 15.0 Å². The van der Waals surface area contributed by atoms with Gasteiger partial charge in [0, 0.05) is 0 Å². The van der Waals surface area contributed by atoms with Crippen LogP contribution in [0.4, 0.5) is 5.95 Å². The minimum Gasteiger partial charge on any atom is -0.368 e. The Bertz CT molecular complexity index is 755. The first-order valence-corrected chi connectivity index (χ1v) is 6.73. The number of rotatable bonds is 2. The zero-order chi connectivity index (χ0) is 13.4. The van der Waals surface area contributed by atoms with Crippen molar-refractivity contribution in [3.05, 3.63) is 35.0 Å². The minimum atomic E-state index is 0.193. The number of hydrogen-bond acceptors (Lipinski definition) is 5. The standard InChI is InChI=1S/C12H10ClN5S/c1-6-2-3-8-9(4-6)17-12(16-8)19-10-7(13)5-15-11(14)18-10/h2-5H,1H3,(H,16,17)(H2,14,15,18). The SMILES string of the molecule is Cc1ccc2nc(Sc3nc(N)ncc3Cl)[nH]c2c1. The van der Waals surface area contributed by atoms with Crippen molar-refractivity contribution in [2.45, 2.75) is 17.1 Å². The number of anilines is 1. The second-order valence-corrected chi connectivity index (χ2v) is 5.43. The average molecular weight is 292 g/mol. The van der Waals surface area contributed by atoms with Crippen LogP contribution in [0.15, 0.2) is 34.6 Å². The number of hydrogen-bond donors (Lipinski definition) is 2. The predicted molar refractivity (Wildman–Crippen MR) is 76.4 cm³/mol. The van der Waals surface area contributed by atoms with Crippen molar-refractivity contribution in [1.82, 2.24) is 19.9 Å². The molecule has 0 radical (unpaired) electrons. The molecular formula is C12H10ClN5S. The number of H-pyrrole nitrogens is 1. The number of nitrogen functional groups attached to an aromatic ring is 1. The zero-order valence-electron chi connectivity index (χ0n) is 10.0. The van der Waals surface area contributed by atoms with Gasteiger partial charge in [-0.3, -0.25) is 0 Å². The third kappa shape index (κ3) is 2.50. The van der Waals surface area contributed by atoms with E-state index in [-0.39, 0.29) is 5.95 Å². The molecule has 96 valence electrons. The number of nitrogens with one attached hydrogen (secondary N) is 1. The number of aryl methyl sites for hydroxylation is 1. The summed E-state index contributed by atoms with van der Waals surface area (Å²) in [5, 5.41) is 1.77. The van der Waals surface area contributed by atoms with Crippen molar-refractivity contribution >= 4 is 40.3 Å². The summed E-state index contributed by atoms with van der Waals surface area (Å²) in [6.07, 6.45) is 1.49. The Labute approximate surface area is 118 Å². The molecule has 0 bridgehead atoms. The van der Waals surface area contributed by atoms with Gasteiger partial charge >= 0.3 is 0 Å². The molecule has 19 heavy (non-hydrogen) atoms. The summed E-state index contributed by atoms with van der Waals surface area (Å²) in [4.78, 5) is 15.6. The summed E-state index contributed by atoms with van der Waals surface area (Å²) in [7, 11) is 0. The van der Waals surface area contributed by atoms with Crippen LogP contribution in [0.3, 0.4) is 0 Å². The van der Waals surface area contributed by atoms with Crippen LogP contribution in [0.2, 0.25) is 5.02 Å². The highest BCUT2D eigenvalue weighted by Gasteiger charge is 2.10. The van der Waals surface area contributed by atoms with Gasteiger partial charge < -0.3 is 10.7 Å². The molecule has 0 atom stereocenters. The lowest BCUT2D eigenvalue weighted by molar-refractivity contribution is 1.03. The first-order chi connectivity index (χ1) is 9.11. The summed E-state index contributed by atoms with van der Waals surface area (Å²) >= 11 is 7.36. The van der Waals surface area contributed by atoms with Crippen LogP contribution >= 0.6 is 23.4 Å². The van der Waals surface area contributed by atoms with Crippen LogP contribution in [0.5, 0.6) is 0 Å². The first-order valence-electron chi connectivity index (χ1n) is 5.54. The van der Waals surface area contributed by atoms with Gasteiger partial charge in [-0.2, -0.15) is 0 Å². The Hall–Kier alpha value is -1.79. The molecule has 2 heterocycles. The average Bonchev–Trinajstić information content (AvgIpc) is 2.75. The molecule has 1 aromatic carbocycles. The van der Waals surface area contributed by atoms with Gasteiger partial charge in [-0.1, -0.05) is 17.7 Å². The number of benzene rings is 1. The van der Waals surface area contributed by atoms with Crippen LogP contribution in [-0.4, -0.2) is 19.9 Å². The van der Waals surface area contributed by atoms with E-state index in [9.17, 15) is 0 Å². The van der Waals surface area contributed by atoms with Crippen LogP contribution in [0.25, 0.3) is 11.0 Å². The molecule has 0 fully saturated rings. The Balaban J connectivity index is 1.98. The van der Waals surface area contributed by atoms with Gasteiger partial charge in [0.1, 0.15) is 5.03 Å². The predicted octanol–water partition coefficient (Wildman–Crippen LogP) is 3.05. The number of halogens is 1. The summed E-state index contributed by atoms with van der Waals surface area (Å²) < 4.78 is 0. The molecular weight excluding hydrogens is 282 g/mol. The molecule has 0 saturated heterocycles. The number of nitrogens with zero attached hydrogens (tertiary/aromatic N) is 3. The highest BCUT2D eigenvalue weighted by Crippen LogP contribution is 2.31. The van der Waals surface area contributed by atoms with Crippen molar-refractivity contribution in [2.75, 3.05) is 5.73 Å². The van der Waals surface area contributed by atoms with Crippen molar-refractivity contribution in [2.24, 2.45) is 0 Å². The molecule has 3 aromatic rings. The second-order valence-electron chi connectivity index (χ2n) is 4.05. The Morgan fingerprint density at radius 3 is 3.00 bits per heavy atom. The monoisotopic (exact) mass is 291 g/mol. The van der Waals surface area contributed by atoms with E-state index in [0.29, 0.717) is 10.0 Å². The fraction of sp³-hybridized carbons (Fsp3) is 0.0833. The maximum atomic E-state index is 6.03. The number of nitrogens with two attached hydrogens (primary N) is 1. The fourth-order valence-electron chi connectivity index (χ4n) is 1.68. The Morgan fingerprint density at radius 2 is 2.16 bits per heavy atom. The van der Waals surface area contributed by atoms with Gasteiger partial charge in [0.15, 0.2) is 5.16 Å². The summed E-state index contributed by atoms with van der Waals surface area (Å²) in [6.45, 7) is 2.04. The molecule has 2 aromatic heterocycles. The number of fused-ring (bicyclic) bond motifs is 1. The normalized spacial score (nSPS) is 11.1. The summed E-state index contributed by atoms with van der Waals surface area (Å²) in [5.41, 5.74) is 8.62. The quantitative estimate of drug-likeness (QED) is 0.709. The summed E-state index contributed by atoms with van der Waals surface area (Å²) in [5.74, 6) is 0.193. The van der Waals surface area contributed by atoms with Crippen LogP contribution in [0, 0.1) is 6.92 Å². The van der Waals surface area contributed by atoms with E-state index in [2.05, 4.69) is 19.9 Å². The molecule has 5 nitrogen and oxygen atoms in total. The van der Waals surface area contributed by atoms with Crippen LogP contribution < -0.4 is 5.73 Å². The second kappa shape index (κ2) is 4.71. The lowest BCUT2D eigenvalue weighted by Gasteiger charge is -2.00. The largest absolute Gasteiger partial charge is 0.368 e. The topological polar surface area (TPSA) is 80.5 Å². The molecule has 3 N–H and O–H groups in total. The van der Waals surface area contributed by atoms with Crippen LogP contribution in [-0.2, 0) is 0 Å².